The second kappa shape index (κ2) is 8.29. The highest BCUT2D eigenvalue weighted by Gasteiger charge is 2.30. The molecule has 4 rings (SSSR count). The van der Waals surface area contributed by atoms with Crippen LogP contribution in [0.2, 0.25) is 5.02 Å². The largest absolute Gasteiger partial charge is 0.339 e. The van der Waals surface area contributed by atoms with Gasteiger partial charge in [0.1, 0.15) is 6.54 Å². The Morgan fingerprint density at radius 2 is 1.71 bits per heavy atom. The van der Waals surface area contributed by atoms with Crippen molar-refractivity contribution in [2.75, 3.05) is 26.2 Å². The van der Waals surface area contributed by atoms with Gasteiger partial charge < -0.3 is 9.47 Å². The highest BCUT2D eigenvalue weighted by atomic mass is 35.5. The fraction of sp³-hybridized carbons (Fsp3) is 0.250. The molecule has 11 heteroatoms. The van der Waals surface area contributed by atoms with Crippen molar-refractivity contribution in [3.8, 4) is 0 Å². The molecule has 1 aromatic heterocycles. The lowest BCUT2D eigenvalue weighted by molar-refractivity contribution is -0.384. The Kier molecular flexibility index (Phi) is 5.69. The maximum absolute atomic E-state index is 12.8. The van der Waals surface area contributed by atoms with Crippen LogP contribution in [-0.4, -0.2) is 59.2 Å². The van der Waals surface area contributed by atoms with Crippen molar-refractivity contribution in [1.82, 2.24) is 13.8 Å². The van der Waals surface area contributed by atoms with Crippen LogP contribution in [0.25, 0.3) is 10.9 Å². The fourth-order valence-corrected chi connectivity index (χ4v) is 5.17. The van der Waals surface area contributed by atoms with Crippen molar-refractivity contribution in [3.05, 3.63) is 69.9 Å². The van der Waals surface area contributed by atoms with E-state index in [1.165, 1.54) is 40.7 Å². The Bertz CT molecular complexity index is 1250. The van der Waals surface area contributed by atoms with Gasteiger partial charge in [0.15, 0.2) is 0 Å². The third kappa shape index (κ3) is 4.27. The molecule has 1 aliphatic heterocycles. The minimum absolute atomic E-state index is 0.00500. The van der Waals surface area contributed by atoms with Crippen molar-refractivity contribution in [2.45, 2.75) is 11.4 Å². The number of aromatic nitrogens is 1. The normalized spacial score (nSPS) is 15.3. The molecule has 2 heterocycles. The molecule has 9 nitrogen and oxygen atoms in total. The van der Waals surface area contributed by atoms with Crippen molar-refractivity contribution in [2.24, 2.45) is 0 Å². The Morgan fingerprint density at radius 3 is 2.35 bits per heavy atom. The number of hydrogen-bond donors (Lipinski definition) is 0. The molecule has 1 fully saturated rings. The van der Waals surface area contributed by atoms with E-state index in [4.69, 9.17) is 11.6 Å². The van der Waals surface area contributed by atoms with E-state index in [0.717, 1.165) is 5.52 Å². The average molecular weight is 463 g/mol. The minimum Gasteiger partial charge on any atom is -0.339 e. The van der Waals surface area contributed by atoms with Gasteiger partial charge in [0.2, 0.25) is 15.9 Å². The molecule has 1 aliphatic rings. The molecule has 0 spiro atoms. The monoisotopic (exact) mass is 462 g/mol. The zero-order chi connectivity index (χ0) is 22.2. The van der Waals surface area contributed by atoms with Gasteiger partial charge in [-0.15, -0.1) is 0 Å². The van der Waals surface area contributed by atoms with Crippen LogP contribution in [-0.2, 0) is 21.4 Å². The van der Waals surface area contributed by atoms with Crippen molar-refractivity contribution in [1.29, 1.82) is 0 Å². The summed E-state index contributed by atoms with van der Waals surface area (Å²) in [6.45, 7) is 1.06. The molecular formula is C20H19ClN4O5S. The molecule has 0 unspecified atom stereocenters. The van der Waals surface area contributed by atoms with Crippen LogP contribution in [0.5, 0.6) is 0 Å². The van der Waals surface area contributed by atoms with E-state index in [0.29, 0.717) is 10.4 Å². The quantitative estimate of drug-likeness (QED) is 0.428. The van der Waals surface area contributed by atoms with Crippen molar-refractivity contribution >= 4 is 44.1 Å². The summed E-state index contributed by atoms with van der Waals surface area (Å²) in [6.07, 6.45) is 1.72. The second-order valence-electron chi connectivity index (χ2n) is 7.18. The van der Waals surface area contributed by atoms with Crippen LogP contribution < -0.4 is 0 Å². The van der Waals surface area contributed by atoms with E-state index in [1.54, 1.807) is 27.8 Å². The van der Waals surface area contributed by atoms with Gasteiger partial charge in [-0.2, -0.15) is 4.31 Å². The summed E-state index contributed by atoms with van der Waals surface area (Å²) in [5.74, 6) is -0.139. The van der Waals surface area contributed by atoms with Crippen LogP contribution in [0.1, 0.15) is 0 Å². The van der Waals surface area contributed by atoms with Gasteiger partial charge in [-0.1, -0.05) is 11.6 Å². The maximum atomic E-state index is 12.8. The summed E-state index contributed by atoms with van der Waals surface area (Å²) in [6, 6.07) is 12.2. The number of sulfonamides is 1. The number of carbonyl (C=O) groups is 1. The first-order chi connectivity index (χ1) is 14.8. The highest BCUT2D eigenvalue weighted by molar-refractivity contribution is 7.89. The first-order valence-corrected chi connectivity index (χ1v) is 11.3. The van der Waals surface area contributed by atoms with Crippen LogP contribution in [0.4, 0.5) is 5.69 Å². The van der Waals surface area contributed by atoms with Gasteiger partial charge in [-0.25, -0.2) is 8.42 Å². The molecule has 1 amide bonds. The summed E-state index contributed by atoms with van der Waals surface area (Å²) in [7, 11) is -3.64. The van der Waals surface area contributed by atoms with Gasteiger partial charge in [-0.3, -0.25) is 14.9 Å². The van der Waals surface area contributed by atoms with E-state index in [9.17, 15) is 23.3 Å². The minimum atomic E-state index is -3.64. The van der Waals surface area contributed by atoms with E-state index < -0.39 is 14.9 Å². The van der Waals surface area contributed by atoms with Crippen LogP contribution in [0.3, 0.4) is 0 Å². The topological polar surface area (TPSA) is 106 Å². The number of hydrogen-bond acceptors (Lipinski definition) is 5. The highest BCUT2D eigenvalue weighted by Crippen LogP contribution is 2.23. The third-order valence-corrected chi connectivity index (χ3v) is 7.48. The molecule has 0 atom stereocenters. The molecule has 0 radical (unpaired) electrons. The fourth-order valence-electron chi connectivity index (χ4n) is 3.62. The number of rotatable bonds is 5. The average Bonchev–Trinajstić information content (AvgIpc) is 3.16. The molecule has 2 aromatic carbocycles. The van der Waals surface area contributed by atoms with Crippen LogP contribution >= 0.6 is 11.6 Å². The molecule has 1 saturated heterocycles. The first kappa shape index (κ1) is 21.3. The first-order valence-electron chi connectivity index (χ1n) is 9.52. The smallest absolute Gasteiger partial charge is 0.270 e. The van der Waals surface area contributed by atoms with E-state index in [-0.39, 0.29) is 49.2 Å². The van der Waals surface area contributed by atoms with Gasteiger partial charge in [0, 0.05) is 60.4 Å². The Balaban J connectivity index is 1.41. The molecule has 3 aromatic rings. The Labute approximate surface area is 183 Å². The summed E-state index contributed by atoms with van der Waals surface area (Å²) < 4.78 is 28.7. The van der Waals surface area contributed by atoms with Gasteiger partial charge in [0.05, 0.1) is 9.82 Å². The number of nitro groups is 1. The van der Waals surface area contributed by atoms with Crippen molar-refractivity contribution in [3.63, 3.8) is 0 Å². The van der Waals surface area contributed by atoms with Crippen LogP contribution in [0, 0.1) is 10.1 Å². The number of nitro benzene ring substituents is 1. The standard InChI is InChI=1S/C20H19ClN4O5S/c21-16-1-4-18(5-2-16)31(29,30)24-11-9-22(10-12-24)20(26)14-23-8-7-15-13-17(25(27)28)3-6-19(15)23/h1-8,13H,9-12,14H2. The summed E-state index contributed by atoms with van der Waals surface area (Å²) in [5, 5.41) is 12.1. The van der Waals surface area contributed by atoms with E-state index in [1.807, 2.05) is 0 Å². The SMILES string of the molecule is O=C(Cn1ccc2cc([N+](=O)[O-])ccc21)N1CCN(S(=O)(=O)c2ccc(Cl)cc2)CC1. The van der Waals surface area contributed by atoms with Crippen molar-refractivity contribution < 1.29 is 18.1 Å². The number of carbonyl (C=O) groups excluding carboxylic acids is 1. The lowest BCUT2D eigenvalue weighted by Gasteiger charge is -2.34. The second-order valence-corrected chi connectivity index (χ2v) is 9.56. The van der Waals surface area contributed by atoms with Crippen LogP contribution in [0.15, 0.2) is 59.6 Å². The van der Waals surface area contributed by atoms with E-state index >= 15 is 0 Å². The molecule has 0 saturated carbocycles. The number of nitrogens with zero attached hydrogens (tertiary/aromatic N) is 4. The summed E-state index contributed by atoms with van der Waals surface area (Å²) in [4.78, 5) is 25.0. The number of fused-ring (bicyclic) bond motifs is 1. The number of benzene rings is 2. The number of halogens is 1. The van der Waals surface area contributed by atoms with E-state index in [2.05, 4.69) is 0 Å². The molecular weight excluding hydrogens is 444 g/mol. The Morgan fingerprint density at radius 1 is 1.03 bits per heavy atom. The number of amides is 1. The Hall–Kier alpha value is -2.95. The zero-order valence-corrected chi connectivity index (χ0v) is 17.9. The summed E-state index contributed by atoms with van der Waals surface area (Å²) >= 11 is 5.83. The van der Waals surface area contributed by atoms with Gasteiger partial charge >= 0.3 is 0 Å². The predicted molar refractivity (Wildman–Crippen MR) is 115 cm³/mol. The molecule has 0 bridgehead atoms. The predicted octanol–water partition coefficient (Wildman–Crippen LogP) is 2.74. The third-order valence-electron chi connectivity index (χ3n) is 5.31. The summed E-state index contributed by atoms with van der Waals surface area (Å²) in [5.41, 5.74) is 0.720. The molecule has 0 aliphatic carbocycles. The van der Waals surface area contributed by atoms with Gasteiger partial charge in [0.25, 0.3) is 5.69 Å². The lowest BCUT2D eigenvalue weighted by Crippen LogP contribution is -2.51. The molecule has 31 heavy (non-hydrogen) atoms. The zero-order valence-electron chi connectivity index (χ0n) is 16.3. The molecule has 0 N–H and O–H groups in total. The number of piperazine rings is 1. The maximum Gasteiger partial charge on any atom is 0.270 e. The van der Waals surface area contributed by atoms with Gasteiger partial charge in [-0.05, 0) is 36.4 Å². The molecule has 162 valence electrons. The lowest BCUT2D eigenvalue weighted by atomic mass is 10.2. The number of non-ortho nitro benzene ring substituents is 1.